The van der Waals surface area contributed by atoms with Gasteiger partial charge in [-0.3, -0.25) is 9.58 Å². The van der Waals surface area contributed by atoms with Crippen molar-refractivity contribution in [1.29, 1.82) is 0 Å². The molecule has 1 saturated carbocycles. The Morgan fingerprint density at radius 2 is 1.95 bits per heavy atom. The number of rotatable bonds is 5. The highest BCUT2D eigenvalue weighted by molar-refractivity contribution is 4.88. The highest BCUT2D eigenvalue weighted by Crippen LogP contribution is 2.34. The maximum Gasteiger partial charge on any atom is 0.0862 e. The van der Waals surface area contributed by atoms with Crippen LogP contribution in [0.15, 0.2) is 18.5 Å². The van der Waals surface area contributed by atoms with Crippen molar-refractivity contribution in [3.63, 3.8) is 0 Å². The molecule has 2 atom stereocenters. The molecule has 2 aliphatic rings. The van der Waals surface area contributed by atoms with Crippen LogP contribution in [-0.4, -0.2) is 45.0 Å². The number of aromatic nitrogens is 2. The molecule has 1 aliphatic heterocycles. The van der Waals surface area contributed by atoms with Gasteiger partial charge in [-0.1, -0.05) is 19.3 Å². The minimum atomic E-state index is -0.306. The van der Waals surface area contributed by atoms with Crippen molar-refractivity contribution in [3.8, 4) is 0 Å². The summed E-state index contributed by atoms with van der Waals surface area (Å²) < 4.78 is 1.83. The first-order valence-electron chi connectivity index (χ1n) is 8.22. The Morgan fingerprint density at radius 1 is 1.10 bits per heavy atom. The van der Waals surface area contributed by atoms with Crippen LogP contribution in [0.4, 0.5) is 0 Å². The van der Waals surface area contributed by atoms with Gasteiger partial charge in [0.15, 0.2) is 0 Å². The van der Waals surface area contributed by atoms with Gasteiger partial charge in [-0.25, -0.2) is 0 Å². The lowest BCUT2D eigenvalue weighted by molar-refractivity contribution is 0.0684. The summed E-state index contributed by atoms with van der Waals surface area (Å²) in [6.45, 7) is 2.58. The van der Waals surface area contributed by atoms with Gasteiger partial charge in [-0.05, 0) is 44.2 Å². The smallest absolute Gasteiger partial charge is 0.0862 e. The van der Waals surface area contributed by atoms with E-state index in [0.717, 1.165) is 25.0 Å². The molecule has 0 unspecified atom stereocenters. The molecule has 0 radical (unpaired) electrons. The van der Waals surface area contributed by atoms with Gasteiger partial charge in [0, 0.05) is 25.0 Å². The van der Waals surface area contributed by atoms with E-state index < -0.39 is 0 Å². The van der Waals surface area contributed by atoms with Crippen LogP contribution in [-0.2, 0) is 6.54 Å². The number of nitrogens with zero attached hydrogens (tertiary/aromatic N) is 3. The molecule has 1 aliphatic carbocycles. The standard InChI is InChI=1S/C16H27N3O/c20-15(13-19-11-5-9-17-19)12-18-10-4-8-16(18)14-6-2-1-3-7-14/h5,9,11,14-16,20H,1-4,6-8,10,12-13H2/t15-,16-/m0/s1. The lowest BCUT2D eigenvalue weighted by atomic mass is 9.83. The summed E-state index contributed by atoms with van der Waals surface area (Å²) in [6, 6.07) is 2.63. The minimum absolute atomic E-state index is 0.306. The summed E-state index contributed by atoms with van der Waals surface area (Å²) in [6.07, 6.45) is 13.1. The van der Waals surface area contributed by atoms with Gasteiger partial charge in [0.1, 0.15) is 0 Å². The van der Waals surface area contributed by atoms with Crippen LogP contribution in [0.25, 0.3) is 0 Å². The maximum atomic E-state index is 10.3. The van der Waals surface area contributed by atoms with E-state index in [4.69, 9.17) is 0 Å². The normalized spacial score (nSPS) is 26.9. The molecule has 0 spiro atoms. The van der Waals surface area contributed by atoms with Crippen molar-refractivity contribution >= 4 is 0 Å². The van der Waals surface area contributed by atoms with Gasteiger partial charge in [-0.2, -0.15) is 5.10 Å². The lowest BCUT2D eigenvalue weighted by Crippen LogP contribution is -2.42. The molecule has 2 fully saturated rings. The number of aliphatic hydroxyl groups excluding tert-OH is 1. The Hall–Kier alpha value is -0.870. The van der Waals surface area contributed by atoms with Crippen molar-refractivity contribution in [2.75, 3.05) is 13.1 Å². The molecule has 2 heterocycles. The van der Waals surface area contributed by atoms with Crippen LogP contribution < -0.4 is 0 Å². The van der Waals surface area contributed by atoms with Crippen LogP contribution in [0, 0.1) is 5.92 Å². The third-order valence-electron chi connectivity index (χ3n) is 5.01. The second kappa shape index (κ2) is 6.72. The molecule has 0 amide bonds. The molecule has 0 bridgehead atoms. The number of hydrogen-bond acceptors (Lipinski definition) is 3. The minimum Gasteiger partial charge on any atom is -0.390 e. The van der Waals surface area contributed by atoms with Gasteiger partial charge in [-0.15, -0.1) is 0 Å². The Bertz CT molecular complexity index is 386. The Morgan fingerprint density at radius 3 is 2.70 bits per heavy atom. The zero-order chi connectivity index (χ0) is 13.8. The molecule has 1 N–H and O–H groups in total. The second-order valence-electron chi connectivity index (χ2n) is 6.48. The van der Waals surface area contributed by atoms with E-state index in [2.05, 4.69) is 10.00 Å². The van der Waals surface area contributed by atoms with Crippen LogP contribution in [0.3, 0.4) is 0 Å². The van der Waals surface area contributed by atoms with Crippen molar-refractivity contribution < 1.29 is 5.11 Å². The Labute approximate surface area is 121 Å². The fraction of sp³-hybridized carbons (Fsp3) is 0.812. The molecule has 0 aromatic carbocycles. The van der Waals surface area contributed by atoms with Gasteiger partial charge in [0.2, 0.25) is 0 Å². The Balaban J connectivity index is 1.52. The predicted molar refractivity (Wildman–Crippen MR) is 79.4 cm³/mol. The number of β-amino-alcohol motifs (C(OH)–C–C–N with tert-alkyl or cyclic N) is 1. The van der Waals surface area contributed by atoms with Crippen LogP contribution in [0.5, 0.6) is 0 Å². The highest BCUT2D eigenvalue weighted by atomic mass is 16.3. The molecule has 20 heavy (non-hydrogen) atoms. The Kier molecular flexibility index (Phi) is 4.73. The van der Waals surface area contributed by atoms with E-state index >= 15 is 0 Å². The SMILES string of the molecule is O[C@@H](CN1CCC[C@H]1C1CCCCC1)Cn1cccn1. The molecule has 1 saturated heterocycles. The molecule has 1 aromatic rings. The third kappa shape index (κ3) is 3.41. The van der Waals surface area contributed by atoms with Gasteiger partial charge < -0.3 is 5.11 Å². The first-order chi connectivity index (χ1) is 9.83. The van der Waals surface area contributed by atoms with Gasteiger partial charge in [0.25, 0.3) is 0 Å². The van der Waals surface area contributed by atoms with Crippen molar-refractivity contribution in [2.45, 2.75) is 63.6 Å². The van der Waals surface area contributed by atoms with E-state index in [0.29, 0.717) is 6.54 Å². The summed E-state index contributed by atoms with van der Waals surface area (Å²) in [5.74, 6) is 0.878. The largest absolute Gasteiger partial charge is 0.390 e. The molecule has 112 valence electrons. The van der Waals surface area contributed by atoms with Crippen LogP contribution >= 0.6 is 0 Å². The number of aliphatic hydroxyl groups is 1. The summed E-state index contributed by atoms with van der Waals surface area (Å²) in [5, 5.41) is 14.5. The molecule has 1 aromatic heterocycles. The highest BCUT2D eigenvalue weighted by Gasteiger charge is 2.33. The second-order valence-corrected chi connectivity index (χ2v) is 6.48. The molecular formula is C16H27N3O. The fourth-order valence-corrected chi connectivity index (χ4v) is 4.08. The zero-order valence-corrected chi connectivity index (χ0v) is 12.3. The summed E-state index contributed by atoms with van der Waals surface area (Å²) in [7, 11) is 0. The monoisotopic (exact) mass is 277 g/mol. The topological polar surface area (TPSA) is 41.3 Å². The van der Waals surface area contributed by atoms with Crippen LogP contribution in [0.2, 0.25) is 0 Å². The van der Waals surface area contributed by atoms with Crippen molar-refractivity contribution in [1.82, 2.24) is 14.7 Å². The van der Waals surface area contributed by atoms with Crippen LogP contribution in [0.1, 0.15) is 44.9 Å². The molecule has 3 rings (SSSR count). The first-order valence-corrected chi connectivity index (χ1v) is 8.22. The molecule has 4 nitrogen and oxygen atoms in total. The van der Waals surface area contributed by atoms with E-state index in [1.807, 2.05) is 16.9 Å². The number of hydrogen-bond donors (Lipinski definition) is 1. The zero-order valence-electron chi connectivity index (χ0n) is 12.3. The molecular weight excluding hydrogens is 250 g/mol. The van der Waals surface area contributed by atoms with Gasteiger partial charge >= 0.3 is 0 Å². The van der Waals surface area contributed by atoms with E-state index in [-0.39, 0.29) is 6.10 Å². The van der Waals surface area contributed by atoms with E-state index in [1.165, 1.54) is 44.9 Å². The average Bonchev–Trinajstić information content (AvgIpc) is 3.11. The average molecular weight is 277 g/mol. The summed E-state index contributed by atoms with van der Waals surface area (Å²) in [5.41, 5.74) is 0. The fourth-order valence-electron chi connectivity index (χ4n) is 4.08. The number of likely N-dealkylation sites (tertiary alicyclic amines) is 1. The summed E-state index contributed by atoms with van der Waals surface area (Å²) in [4.78, 5) is 2.55. The predicted octanol–water partition coefficient (Wildman–Crippen LogP) is 2.29. The van der Waals surface area contributed by atoms with E-state index in [1.54, 1.807) is 6.20 Å². The molecule has 4 heteroatoms. The third-order valence-corrected chi connectivity index (χ3v) is 5.01. The lowest BCUT2D eigenvalue weighted by Gasteiger charge is -2.35. The van der Waals surface area contributed by atoms with Crippen molar-refractivity contribution in [2.24, 2.45) is 5.92 Å². The first kappa shape index (κ1) is 14.1. The summed E-state index contributed by atoms with van der Waals surface area (Å²) >= 11 is 0. The maximum absolute atomic E-state index is 10.3. The van der Waals surface area contributed by atoms with Gasteiger partial charge in [0.05, 0.1) is 12.6 Å². The van der Waals surface area contributed by atoms with Crippen molar-refractivity contribution in [3.05, 3.63) is 18.5 Å². The quantitative estimate of drug-likeness (QED) is 0.898. The van der Waals surface area contributed by atoms with E-state index in [9.17, 15) is 5.11 Å².